The Hall–Kier alpha value is -1.21. The number of rotatable bonds is 9. The lowest BCUT2D eigenvalue weighted by Gasteiger charge is -2.20. The average molecular weight is 392 g/mol. The van der Waals surface area contributed by atoms with Crippen LogP contribution in [0.5, 0.6) is 5.75 Å². The van der Waals surface area contributed by atoms with Crippen molar-refractivity contribution in [2.75, 3.05) is 26.0 Å². The Bertz CT molecular complexity index is 727. The van der Waals surface area contributed by atoms with Gasteiger partial charge in [-0.3, -0.25) is 0 Å². The van der Waals surface area contributed by atoms with Crippen molar-refractivity contribution >= 4 is 33.2 Å². The van der Waals surface area contributed by atoms with E-state index in [1.165, 1.54) is 10.6 Å². The average Bonchev–Trinajstić information content (AvgIpc) is 2.96. The Morgan fingerprint density at radius 1 is 1.17 bits per heavy atom. The second-order valence-electron chi connectivity index (χ2n) is 5.30. The minimum atomic E-state index is -3.31. The van der Waals surface area contributed by atoms with Gasteiger partial charge in [-0.25, -0.2) is 8.42 Å². The monoisotopic (exact) mass is 391 g/mol. The van der Waals surface area contributed by atoms with E-state index in [1.54, 1.807) is 24.5 Å². The molecule has 0 N–H and O–H groups in total. The lowest BCUT2D eigenvalue weighted by Crippen LogP contribution is -2.34. The van der Waals surface area contributed by atoms with Gasteiger partial charge in [0.25, 0.3) is 0 Å². The van der Waals surface area contributed by atoms with Gasteiger partial charge >= 0.3 is 0 Å². The zero-order chi connectivity index (χ0) is 17.6. The SMILES string of the molecule is CS(=O)(=O)N(CCCc1ccco1)CCOc1cc(Cl)cc(Cl)c1. The van der Waals surface area contributed by atoms with Crippen LogP contribution in [0.3, 0.4) is 0 Å². The summed E-state index contributed by atoms with van der Waals surface area (Å²) in [4.78, 5) is 0. The highest BCUT2D eigenvalue weighted by Crippen LogP contribution is 2.24. The minimum Gasteiger partial charge on any atom is -0.492 e. The van der Waals surface area contributed by atoms with Crippen LogP contribution in [-0.2, 0) is 16.4 Å². The van der Waals surface area contributed by atoms with Crippen LogP contribution in [0.1, 0.15) is 12.2 Å². The fourth-order valence-corrected chi connectivity index (χ4v) is 3.58. The molecule has 1 aromatic heterocycles. The Kier molecular flexibility index (Phi) is 6.98. The number of nitrogens with zero attached hydrogens (tertiary/aromatic N) is 1. The summed E-state index contributed by atoms with van der Waals surface area (Å²) >= 11 is 11.8. The van der Waals surface area contributed by atoms with Crippen LogP contribution in [0.4, 0.5) is 0 Å². The van der Waals surface area contributed by atoms with E-state index in [2.05, 4.69) is 0 Å². The molecule has 5 nitrogen and oxygen atoms in total. The van der Waals surface area contributed by atoms with Gasteiger partial charge < -0.3 is 9.15 Å². The first-order chi connectivity index (χ1) is 11.3. The van der Waals surface area contributed by atoms with Gasteiger partial charge in [-0.2, -0.15) is 4.31 Å². The maximum Gasteiger partial charge on any atom is 0.211 e. The molecular formula is C16H19Cl2NO4S. The molecule has 2 aromatic rings. The molecule has 0 unspecified atom stereocenters. The number of halogens is 2. The predicted octanol–water partition coefficient (Wildman–Crippen LogP) is 3.86. The second-order valence-corrected chi connectivity index (χ2v) is 8.15. The largest absolute Gasteiger partial charge is 0.492 e. The van der Waals surface area contributed by atoms with Crippen molar-refractivity contribution < 1.29 is 17.6 Å². The molecule has 8 heteroatoms. The fraction of sp³-hybridized carbons (Fsp3) is 0.375. The summed E-state index contributed by atoms with van der Waals surface area (Å²) in [5, 5.41) is 0.937. The Labute approximate surface area is 152 Å². The molecule has 0 aliphatic rings. The van der Waals surface area contributed by atoms with Gasteiger partial charge in [0.1, 0.15) is 18.1 Å². The van der Waals surface area contributed by atoms with E-state index in [9.17, 15) is 8.42 Å². The number of aryl methyl sites for hydroxylation is 1. The molecule has 0 aliphatic carbocycles. The first-order valence-corrected chi connectivity index (χ1v) is 10.0. The van der Waals surface area contributed by atoms with Gasteiger partial charge in [-0.1, -0.05) is 23.2 Å². The molecule has 0 bridgehead atoms. The van der Waals surface area contributed by atoms with Crippen LogP contribution in [0.25, 0.3) is 0 Å². The van der Waals surface area contributed by atoms with Crippen molar-refractivity contribution in [3.05, 3.63) is 52.4 Å². The zero-order valence-electron chi connectivity index (χ0n) is 13.2. The van der Waals surface area contributed by atoms with E-state index < -0.39 is 10.0 Å². The Morgan fingerprint density at radius 2 is 1.88 bits per heavy atom. The predicted molar refractivity (Wildman–Crippen MR) is 95.4 cm³/mol. The van der Waals surface area contributed by atoms with E-state index in [1.807, 2.05) is 12.1 Å². The van der Waals surface area contributed by atoms with Gasteiger partial charge in [0.05, 0.1) is 12.5 Å². The summed E-state index contributed by atoms with van der Waals surface area (Å²) in [5.41, 5.74) is 0. The number of hydrogen-bond donors (Lipinski definition) is 0. The highest BCUT2D eigenvalue weighted by Gasteiger charge is 2.16. The number of furan rings is 1. The Morgan fingerprint density at radius 3 is 2.46 bits per heavy atom. The van der Waals surface area contributed by atoms with Gasteiger partial charge in [-0.15, -0.1) is 0 Å². The third kappa shape index (κ3) is 6.36. The topological polar surface area (TPSA) is 59.8 Å². The summed E-state index contributed by atoms with van der Waals surface area (Å²) in [7, 11) is -3.31. The molecular weight excluding hydrogens is 373 g/mol. The maximum atomic E-state index is 11.9. The third-order valence-electron chi connectivity index (χ3n) is 3.33. The van der Waals surface area contributed by atoms with Crippen LogP contribution in [0.15, 0.2) is 41.0 Å². The molecule has 0 fully saturated rings. The first-order valence-electron chi connectivity index (χ1n) is 7.41. The van der Waals surface area contributed by atoms with Crippen LogP contribution in [0.2, 0.25) is 10.0 Å². The summed E-state index contributed by atoms with van der Waals surface area (Å²) in [5.74, 6) is 1.35. The second kappa shape index (κ2) is 8.76. The van der Waals surface area contributed by atoms with Gasteiger partial charge in [0.2, 0.25) is 10.0 Å². The van der Waals surface area contributed by atoms with Crippen molar-refractivity contribution in [3.8, 4) is 5.75 Å². The quantitative estimate of drug-likeness (QED) is 0.650. The molecule has 0 spiro atoms. The zero-order valence-corrected chi connectivity index (χ0v) is 15.6. The van der Waals surface area contributed by atoms with Crippen LogP contribution in [0, 0.1) is 0 Å². The van der Waals surface area contributed by atoms with E-state index in [0.29, 0.717) is 35.2 Å². The highest BCUT2D eigenvalue weighted by atomic mass is 35.5. The lowest BCUT2D eigenvalue weighted by molar-refractivity contribution is 0.271. The molecule has 132 valence electrons. The minimum absolute atomic E-state index is 0.213. The number of hydrogen-bond acceptors (Lipinski definition) is 4. The summed E-state index contributed by atoms with van der Waals surface area (Å²) in [6.07, 6.45) is 4.15. The molecule has 0 atom stereocenters. The van der Waals surface area contributed by atoms with E-state index in [0.717, 1.165) is 5.76 Å². The summed E-state index contributed by atoms with van der Waals surface area (Å²) in [6, 6.07) is 8.56. The van der Waals surface area contributed by atoms with Crippen molar-refractivity contribution in [2.24, 2.45) is 0 Å². The summed E-state index contributed by atoms with van der Waals surface area (Å²) in [6.45, 7) is 0.866. The molecule has 0 saturated heterocycles. The Balaban J connectivity index is 1.84. The molecule has 1 heterocycles. The third-order valence-corrected chi connectivity index (χ3v) is 5.06. The van der Waals surface area contributed by atoms with Crippen LogP contribution >= 0.6 is 23.2 Å². The molecule has 2 rings (SSSR count). The molecule has 0 radical (unpaired) electrons. The molecule has 24 heavy (non-hydrogen) atoms. The van der Waals surface area contributed by atoms with Crippen LogP contribution in [-0.4, -0.2) is 38.7 Å². The first kappa shape index (κ1) is 19.1. The van der Waals surface area contributed by atoms with Gasteiger partial charge in [0.15, 0.2) is 0 Å². The normalized spacial score (nSPS) is 11.8. The van der Waals surface area contributed by atoms with E-state index in [-0.39, 0.29) is 13.2 Å². The standard InChI is InChI=1S/C16H19Cl2NO4S/c1-24(20,21)19(6-2-4-15-5-3-8-22-15)7-9-23-16-11-13(17)10-14(18)12-16/h3,5,8,10-12H,2,4,6-7,9H2,1H3. The van der Waals surface area contributed by atoms with Crippen molar-refractivity contribution in [1.29, 1.82) is 0 Å². The van der Waals surface area contributed by atoms with Crippen LogP contribution < -0.4 is 4.74 Å². The van der Waals surface area contributed by atoms with E-state index in [4.69, 9.17) is 32.4 Å². The molecule has 0 aliphatic heterocycles. The highest BCUT2D eigenvalue weighted by molar-refractivity contribution is 7.88. The maximum absolute atomic E-state index is 11.9. The fourth-order valence-electron chi connectivity index (χ4n) is 2.21. The number of benzene rings is 1. The smallest absolute Gasteiger partial charge is 0.211 e. The lowest BCUT2D eigenvalue weighted by atomic mass is 10.2. The van der Waals surface area contributed by atoms with Gasteiger partial charge in [-0.05, 0) is 36.8 Å². The molecule has 0 amide bonds. The van der Waals surface area contributed by atoms with E-state index >= 15 is 0 Å². The number of sulfonamides is 1. The molecule has 0 saturated carbocycles. The van der Waals surface area contributed by atoms with Gasteiger partial charge in [0, 0.05) is 29.6 Å². The summed E-state index contributed by atoms with van der Waals surface area (Å²) < 4.78 is 35.9. The van der Waals surface area contributed by atoms with Crippen molar-refractivity contribution in [1.82, 2.24) is 4.31 Å². The molecule has 1 aromatic carbocycles. The van der Waals surface area contributed by atoms with Crippen molar-refractivity contribution in [2.45, 2.75) is 12.8 Å². The van der Waals surface area contributed by atoms with Crippen molar-refractivity contribution in [3.63, 3.8) is 0 Å². The number of ether oxygens (including phenoxy) is 1.